The van der Waals surface area contributed by atoms with Crippen molar-refractivity contribution in [1.82, 2.24) is 15.2 Å². The molecule has 15 heavy (non-hydrogen) atoms. The lowest BCUT2D eigenvalue weighted by Gasteiger charge is -2.09. The van der Waals surface area contributed by atoms with Gasteiger partial charge in [-0.3, -0.25) is 4.98 Å². The third-order valence-corrected chi connectivity index (χ3v) is 2.08. The van der Waals surface area contributed by atoms with E-state index >= 15 is 0 Å². The monoisotopic (exact) mass is 200 g/mol. The van der Waals surface area contributed by atoms with Crippen molar-refractivity contribution in [2.45, 2.75) is 0 Å². The lowest BCUT2D eigenvalue weighted by Crippen LogP contribution is -2.11. The SMILES string of the molecule is CN(C)c1ccc(-c2ccncc2)nn1. The zero-order valence-electron chi connectivity index (χ0n) is 8.75. The highest BCUT2D eigenvalue weighted by atomic mass is 15.2. The zero-order valence-corrected chi connectivity index (χ0v) is 8.75. The lowest BCUT2D eigenvalue weighted by atomic mass is 10.2. The average Bonchev–Trinajstić information content (AvgIpc) is 2.30. The standard InChI is InChI=1S/C11H12N4/c1-15(2)11-4-3-10(13-14-11)9-5-7-12-8-6-9/h3-8H,1-2H3. The molecule has 0 amide bonds. The molecule has 0 spiro atoms. The fourth-order valence-electron chi connectivity index (χ4n) is 1.24. The molecule has 0 atom stereocenters. The van der Waals surface area contributed by atoms with Crippen LogP contribution in [0.3, 0.4) is 0 Å². The van der Waals surface area contributed by atoms with Crippen LogP contribution in [0.2, 0.25) is 0 Å². The molecule has 4 nitrogen and oxygen atoms in total. The van der Waals surface area contributed by atoms with Crippen LogP contribution in [0.5, 0.6) is 0 Å². The Kier molecular flexibility index (Phi) is 2.58. The summed E-state index contributed by atoms with van der Waals surface area (Å²) in [5.41, 5.74) is 1.89. The second-order valence-electron chi connectivity index (χ2n) is 3.41. The van der Waals surface area contributed by atoms with Crippen LogP contribution >= 0.6 is 0 Å². The van der Waals surface area contributed by atoms with Gasteiger partial charge in [0.05, 0.1) is 5.69 Å². The van der Waals surface area contributed by atoms with Crippen molar-refractivity contribution < 1.29 is 0 Å². The van der Waals surface area contributed by atoms with Crippen LogP contribution in [0.25, 0.3) is 11.3 Å². The molecule has 2 aromatic rings. The zero-order chi connectivity index (χ0) is 10.7. The first kappa shape index (κ1) is 9.58. The summed E-state index contributed by atoms with van der Waals surface area (Å²) in [6, 6.07) is 7.74. The van der Waals surface area contributed by atoms with Crippen molar-refractivity contribution in [2.24, 2.45) is 0 Å². The topological polar surface area (TPSA) is 41.9 Å². The minimum atomic E-state index is 0.854. The molecule has 4 heteroatoms. The van der Waals surface area contributed by atoms with E-state index < -0.39 is 0 Å². The van der Waals surface area contributed by atoms with Gasteiger partial charge in [-0.1, -0.05) is 0 Å². The Labute approximate surface area is 88.6 Å². The molecular weight excluding hydrogens is 188 g/mol. The average molecular weight is 200 g/mol. The molecule has 0 N–H and O–H groups in total. The number of nitrogens with zero attached hydrogens (tertiary/aromatic N) is 4. The van der Waals surface area contributed by atoms with Crippen molar-refractivity contribution in [3.05, 3.63) is 36.7 Å². The van der Waals surface area contributed by atoms with Crippen molar-refractivity contribution in [3.8, 4) is 11.3 Å². The summed E-state index contributed by atoms with van der Waals surface area (Å²) in [4.78, 5) is 5.88. The van der Waals surface area contributed by atoms with E-state index in [1.807, 2.05) is 43.3 Å². The second-order valence-corrected chi connectivity index (χ2v) is 3.41. The number of hydrogen-bond donors (Lipinski definition) is 0. The van der Waals surface area contributed by atoms with Crippen LogP contribution in [0.4, 0.5) is 5.82 Å². The molecule has 0 fully saturated rings. The van der Waals surface area contributed by atoms with Crippen LogP contribution in [-0.2, 0) is 0 Å². The summed E-state index contributed by atoms with van der Waals surface area (Å²) in [7, 11) is 3.88. The Morgan fingerprint density at radius 3 is 2.20 bits per heavy atom. The normalized spacial score (nSPS) is 10.0. The van der Waals surface area contributed by atoms with Crippen molar-refractivity contribution in [1.29, 1.82) is 0 Å². The summed E-state index contributed by atoms with van der Waals surface area (Å²) in [5.74, 6) is 0.854. The first-order valence-electron chi connectivity index (χ1n) is 4.69. The minimum absolute atomic E-state index is 0.854. The lowest BCUT2D eigenvalue weighted by molar-refractivity contribution is 0.968. The van der Waals surface area contributed by atoms with Gasteiger partial charge in [-0.25, -0.2) is 0 Å². The van der Waals surface area contributed by atoms with Gasteiger partial charge in [-0.15, -0.1) is 10.2 Å². The number of rotatable bonds is 2. The molecule has 2 heterocycles. The molecule has 0 aliphatic heterocycles. The molecule has 2 rings (SSSR count). The highest BCUT2D eigenvalue weighted by molar-refractivity contribution is 5.58. The molecule has 0 aromatic carbocycles. The Hall–Kier alpha value is -1.97. The summed E-state index contributed by atoms with van der Waals surface area (Å²) < 4.78 is 0. The van der Waals surface area contributed by atoms with Gasteiger partial charge in [-0.2, -0.15) is 0 Å². The number of hydrogen-bond acceptors (Lipinski definition) is 4. The fourth-order valence-corrected chi connectivity index (χ4v) is 1.24. The van der Waals surface area contributed by atoms with Crippen LogP contribution in [0, 0.1) is 0 Å². The molecular formula is C11H12N4. The van der Waals surface area contributed by atoms with E-state index in [1.165, 1.54) is 0 Å². The molecule has 0 saturated carbocycles. The Morgan fingerprint density at radius 1 is 0.933 bits per heavy atom. The highest BCUT2D eigenvalue weighted by Crippen LogP contribution is 2.16. The molecule has 0 aliphatic rings. The highest BCUT2D eigenvalue weighted by Gasteiger charge is 2.01. The predicted octanol–water partition coefficient (Wildman–Crippen LogP) is 1.60. The molecule has 2 aromatic heterocycles. The smallest absolute Gasteiger partial charge is 0.150 e. The van der Waals surface area contributed by atoms with E-state index in [0.717, 1.165) is 17.1 Å². The third kappa shape index (κ3) is 2.10. The van der Waals surface area contributed by atoms with E-state index in [-0.39, 0.29) is 0 Å². The second kappa shape index (κ2) is 4.04. The van der Waals surface area contributed by atoms with Crippen molar-refractivity contribution >= 4 is 5.82 Å². The van der Waals surface area contributed by atoms with E-state index in [0.29, 0.717) is 0 Å². The molecule has 0 bridgehead atoms. The number of aromatic nitrogens is 3. The van der Waals surface area contributed by atoms with Crippen LogP contribution in [0.1, 0.15) is 0 Å². The van der Waals surface area contributed by atoms with Gasteiger partial charge in [0.1, 0.15) is 0 Å². The predicted molar refractivity (Wildman–Crippen MR) is 59.6 cm³/mol. The maximum absolute atomic E-state index is 4.15. The third-order valence-electron chi connectivity index (χ3n) is 2.08. The maximum atomic E-state index is 4.15. The van der Waals surface area contributed by atoms with Crippen LogP contribution < -0.4 is 4.90 Å². The Bertz CT molecular complexity index is 422. The van der Waals surface area contributed by atoms with Gasteiger partial charge < -0.3 is 4.90 Å². The fraction of sp³-hybridized carbons (Fsp3) is 0.182. The van der Waals surface area contributed by atoms with Crippen LogP contribution in [0.15, 0.2) is 36.7 Å². The first-order chi connectivity index (χ1) is 7.27. The van der Waals surface area contributed by atoms with Crippen molar-refractivity contribution in [2.75, 3.05) is 19.0 Å². The van der Waals surface area contributed by atoms with Crippen molar-refractivity contribution in [3.63, 3.8) is 0 Å². The molecule has 76 valence electrons. The number of anilines is 1. The molecule has 0 saturated heterocycles. The largest absolute Gasteiger partial charge is 0.361 e. The Morgan fingerprint density at radius 2 is 1.67 bits per heavy atom. The Balaban J connectivity index is 2.32. The minimum Gasteiger partial charge on any atom is -0.361 e. The molecule has 0 aliphatic carbocycles. The van der Waals surface area contributed by atoms with Gasteiger partial charge in [0, 0.05) is 32.1 Å². The quantitative estimate of drug-likeness (QED) is 0.738. The first-order valence-corrected chi connectivity index (χ1v) is 4.69. The van der Waals surface area contributed by atoms with Gasteiger partial charge in [0.25, 0.3) is 0 Å². The van der Waals surface area contributed by atoms with E-state index in [1.54, 1.807) is 12.4 Å². The van der Waals surface area contributed by atoms with E-state index in [2.05, 4.69) is 15.2 Å². The summed E-state index contributed by atoms with van der Waals surface area (Å²) >= 11 is 0. The van der Waals surface area contributed by atoms with Gasteiger partial charge >= 0.3 is 0 Å². The van der Waals surface area contributed by atoms with Gasteiger partial charge in [-0.05, 0) is 24.3 Å². The number of pyridine rings is 1. The summed E-state index contributed by atoms with van der Waals surface area (Å²) in [5, 5.41) is 8.26. The van der Waals surface area contributed by atoms with Crippen LogP contribution in [-0.4, -0.2) is 29.3 Å². The van der Waals surface area contributed by atoms with Gasteiger partial charge in [0.2, 0.25) is 0 Å². The summed E-state index contributed by atoms with van der Waals surface area (Å²) in [6.45, 7) is 0. The summed E-state index contributed by atoms with van der Waals surface area (Å²) in [6.07, 6.45) is 3.49. The van der Waals surface area contributed by atoms with E-state index in [4.69, 9.17) is 0 Å². The van der Waals surface area contributed by atoms with E-state index in [9.17, 15) is 0 Å². The van der Waals surface area contributed by atoms with Gasteiger partial charge in [0.15, 0.2) is 5.82 Å². The maximum Gasteiger partial charge on any atom is 0.150 e. The molecule has 0 unspecified atom stereocenters. The molecule has 0 radical (unpaired) electrons.